The van der Waals surface area contributed by atoms with Crippen molar-refractivity contribution in [1.82, 2.24) is 4.98 Å². The van der Waals surface area contributed by atoms with Gasteiger partial charge in [-0.15, -0.1) is 0 Å². The van der Waals surface area contributed by atoms with Crippen LogP contribution in [0.15, 0.2) is 36.7 Å². The molecule has 0 unspecified atom stereocenters. The Labute approximate surface area is 115 Å². The maximum atomic E-state index is 14.0. The van der Waals surface area contributed by atoms with Gasteiger partial charge in [0.05, 0.1) is 17.9 Å². The second-order valence-corrected chi connectivity index (χ2v) is 4.58. The molecule has 0 spiro atoms. The van der Waals surface area contributed by atoms with Crippen LogP contribution in [0, 0.1) is 5.82 Å². The third-order valence-corrected chi connectivity index (χ3v) is 2.61. The lowest BCUT2D eigenvalue weighted by Crippen LogP contribution is -2.05. The average molecular weight is 275 g/mol. The molecule has 0 saturated carbocycles. The molecule has 0 atom stereocenters. The first-order valence-corrected chi connectivity index (χ1v) is 6.12. The zero-order valence-electron chi connectivity index (χ0n) is 11.1. The summed E-state index contributed by atoms with van der Waals surface area (Å²) in [4.78, 5) is 14.8. The number of halogens is 1. The highest BCUT2D eigenvalue weighted by Crippen LogP contribution is 2.26. The number of carbonyl (C=O) groups is 1. The molecule has 0 radical (unpaired) electrons. The van der Waals surface area contributed by atoms with Gasteiger partial charge < -0.3 is 9.84 Å². The second-order valence-electron chi connectivity index (χ2n) is 4.58. The number of hydrogen-bond donors (Lipinski definition) is 1. The van der Waals surface area contributed by atoms with Crippen molar-refractivity contribution >= 4 is 5.97 Å². The van der Waals surface area contributed by atoms with Gasteiger partial charge in [-0.2, -0.15) is 0 Å². The average Bonchev–Trinajstić information content (AvgIpc) is 2.38. The first-order chi connectivity index (χ1) is 9.47. The molecule has 2 aromatic rings. The van der Waals surface area contributed by atoms with E-state index in [1.54, 1.807) is 12.3 Å². The Morgan fingerprint density at radius 3 is 2.65 bits per heavy atom. The van der Waals surface area contributed by atoms with Crippen LogP contribution in [-0.4, -0.2) is 22.2 Å². The van der Waals surface area contributed by atoms with Crippen LogP contribution >= 0.6 is 0 Å². The van der Waals surface area contributed by atoms with Crippen LogP contribution in [0.2, 0.25) is 0 Å². The van der Waals surface area contributed by atoms with Gasteiger partial charge in [0.1, 0.15) is 11.6 Å². The summed E-state index contributed by atoms with van der Waals surface area (Å²) < 4.78 is 19.5. The van der Waals surface area contributed by atoms with Gasteiger partial charge in [0, 0.05) is 17.3 Å². The molecule has 4 nitrogen and oxygen atoms in total. The normalized spacial score (nSPS) is 10.6. The predicted octanol–water partition coefficient (Wildman–Crippen LogP) is 3.37. The van der Waals surface area contributed by atoms with Gasteiger partial charge in [-0.3, -0.25) is 4.98 Å². The topological polar surface area (TPSA) is 59.4 Å². The number of pyridine rings is 1. The Hall–Kier alpha value is -2.43. The Morgan fingerprint density at radius 2 is 2.05 bits per heavy atom. The SMILES string of the molecule is CC(C)Oc1cncc(-c2ccc(C(=O)O)cc2F)c1. The smallest absolute Gasteiger partial charge is 0.335 e. The van der Waals surface area contributed by atoms with E-state index in [2.05, 4.69) is 4.98 Å². The first-order valence-electron chi connectivity index (χ1n) is 6.12. The minimum atomic E-state index is -1.16. The Bertz CT molecular complexity index is 641. The van der Waals surface area contributed by atoms with Crippen molar-refractivity contribution in [1.29, 1.82) is 0 Å². The molecule has 1 aromatic carbocycles. The molecule has 104 valence electrons. The van der Waals surface area contributed by atoms with E-state index >= 15 is 0 Å². The standard InChI is InChI=1S/C15H14FNO3/c1-9(2)20-12-5-11(7-17-8-12)13-4-3-10(15(18)19)6-14(13)16/h3-9H,1-2H3,(H,18,19). The number of aromatic nitrogens is 1. The molecule has 0 fully saturated rings. The van der Waals surface area contributed by atoms with Crippen molar-refractivity contribution in [3.8, 4) is 16.9 Å². The number of hydrogen-bond acceptors (Lipinski definition) is 3. The summed E-state index contributed by atoms with van der Waals surface area (Å²) in [6.07, 6.45) is 3.05. The van der Waals surface area contributed by atoms with Crippen LogP contribution in [0.3, 0.4) is 0 Å². The molecule has 1 aromatic heterocycles. The lowest BCUT2D eigenvalue weighted by Gasteiger charge is -2.11. The molecule has 0 saturated heterocycles. The fraction of sp³-hybridized carbons (Fsp3) is 0.200. The Balaban J connectivity index is 2.38. The number of carboxylic acids is 1. The maximum Gasteiger partial charge on any atom is 0.335 e. The number of aromatic carboxylic acids is 1. The van der Waals surface area contributed by atoms with E-state index in [9.17, 15) is 9.18 Å². The molecule has 5 heteroatoms. The number of rotatable bonds is 4. The van der Waals surface area contributed by atoms with Crippen molar-refractivity contribution in [2.45, 2.75) is 20.0 Å². The van der Waals surface area contributed by atoms with Crippen LogP contribution < -0.4 is 4.74 Å². The van der Waals surface area contributed by atoms with Gasteiger partial charge in [-0.1, -0.05) is 6.07 Å². The van der Waals surface area contributed by atoms with E-state index in [0.717, 1.165) is 6.07 Å². The molecule has 20 heavy (non-hydrogen) atoms. The minimum absolute atomic E-state index is 0.00807. The molecule has 0 aliphatic carbocycles. The second kappa shape index (κ2) is 5.69. The van der Waals surface area contributed by atoms with E-state index in [-0.39, 0.29) is 17.2 Å². The van der Waals surface area contributed by atoms with Crippen molar-refractivity contribution in [3.05, 3.63) is 48.0 Å². The largest absolute Gasteiger partial charge is 0.489 e. The zero-order chi connectivity index (χ0) is 14.7. The van der Waals surface area contributed by atoms with E-state index in [1.807, 2.05) is 13.8 Å². The van der Waals surface area contributed by atoms with Crippen molar-refractivity contribution in [2.24, 2.45) is 0 Å². The molecule has 0 amide bonds. The number of ether oxygens (including phenoxy) is 1. The third kappa shape index (κ3) is 3.12. The summed E-state index contributed by atoms with van der Waals surface area (Å²) in [6, 6.07) is 5.45. The van der Waals surface area contributed by atoms with Crippen molar-refractivity contribution in [2.75, 3.05) is 0 Å². The van der Waals surface area contributed by atoms with Crippen LogP contribution in [0.5, 0.6) is 5.75 Å². The van der Waals surface area contributed by atoms with Crippen LogP contribution in [-0.2, 0) is 0 Å². The molecular formula is C15H14FNO3. The first kappa shape index (κ1) is 14.0. The van der Waals surface area contributed by atoms with Crippen molar-refractivity contribution < 1.29 is 19.0 Å². The summed E-state index contributed by atoms with van der Waals surface area (Å²) >= 11 is 0. The molecule has 0 aliphatic rings. The molecular weight excluding hydrogens is 261 g/mol. The molecule has 0 bridgehead atoms. The van der Waals surface area contributed by atoms with E-state index in [4.69, 9.17) is 9.84 Å². The van der Waals surface area contributed by atoms with Crippen LogP contribution in [0.4, 0.5) is 4.39 Å². The van der Waals surface area contributed by atoms with Crippen molar-refractivity contribution in [3.63, 3.8) is 0 Å². The monoisotopic (exact) mass is 275 g/mol. The Morgan fingerprint density at radius 1 is 1.30 bits per heavy atom. The zero-order valence-corrected chi connectivity index (χ0v) is 11.1. The van der Waals surface area contributed by atoms with E-state index in [0.29, 0.717) is 11.3 Å². The fourth-order valence-electron chi connectivity index (χ4n) is 1.78. The lowest BCUT2D eigenvalue weighted by molar-refractivity contribution is 0.0696. The highest BCUT2D eigenvalue weighted by molar-refractivity contribution is 5.88. The van der Waals surface area contributed by atoms with Gasteiger partial charge in [0.2, 0.25) is 0 Å². The van der Waals surface area contributed by atoms with Gasteiger partial charge >= 0.3 is 5.97 Å². The van der Waals surface area contributed by atoms with Crippen LogP contribution in [0.25, 0.3) is 11.1 Å². The van der Waals surface area contributed by atoms with E-state index in [1.165, 1.54) is 18.3 Å². The van der Waals surface area contributed by atoms with Gasteiger partial charge in [0.15, 0.2) is 0 Å². The maximum absolute atomic E-state index is 14.0. The minimum Gasteiger partial charge on any atom is -0.489 e. The highest BCUT2D eigenvalue weighted by atomic mass is 19.1. The lowest BCUT2D eigenvalue weighted by atomic mass is 10.0. The predicted molar refractivity (Wildman–Crippen MR) is 72.4 cm³/mol. The number of benzene rings is 1. The Kier molecular flexibility index (Phi) is 3.98. The molecule has 1 N–H and O–H groups in total. The summed E-state index contributed by atoms with van der Waals surface area (Å²) in [5, 5.41) is 8.81. The summed E-state index contributed by atoms with van der Waals surface area (Å²) in [7, 11) is 0. The third-order valence-electron chi connectivity index (χ3n) is 2.61. The molecule has 1 heterocycles. The summed E-state index contributed by atoms with van der Waals surface area (Å²) in [5.74, 6) is -1.22. The molecule has 2 rings (SSSR count). The fourth-order valence-corrected chi connectivity index (χ4v) is 1.78. The molecule has 0 aliphatic heterocycles. The van der Waals surface area contributed by atoms with Gasteiger partial charge in [-0.05, 0) is 32.0 Å². The van der Waals surface area contributed by atoms with Gasteiger partial charge in [-0.25, -0.2) is 9.18 Å². The number of nitrogens with zero attached hydrogens (tertiary/aromatic N) is 1. The van der Waals surface area contributed by atoms with E-state index < -0.39 is 11.8 Å². The number of carboxylic acid groups (broad SMARTS) is 1. The highest BCUT2D eigenvalue weighted by Gasteiger charge is 2.11. The summed E-state index contributed by atoms with van der Waals surface area (Å²) in [5.41, 5.74) is 0.739. The quantitative estimate of drug-likeness (QED) is 0.929. The summed E-state index contributed by atoms with van der Waals surface area (Å²) in [6.45, 7) is 3.77. The van der Waals surface area contributed by atoms with Crippen LogP contribution in [0.1, 0.15) is 24.2 Å². The van der Waals surface area contributed by atoms with Gasteiger partial charge in [0.25, 0.3) is 0 Å².